The van der Waals surface area contributed by atoms with E-state index in [2.05, 4.69) is 48.5 Å². The summed E-state index contributed by atoms with van der Waals surface area (Å²) < 4.78 is 13.3. The van der Waals surface area contributed by atoms with Gasteiger partial charge in [0.15, 0.2) is 9.79 Å². The third-order valence-corrected chi connectivity index (χ3v) is 6.68. The highest BCUT2D eigenvalue weighted by Crippen LogP contribution is 2.31. The van der Waals surface area contributed by atoms with Crippen molar-refractivity contribution in [2.45, 2.75) is 23.6 Å². The SMILES string of the molecule is Cc1cc(-c2ccccc2)ccc1[S+]([O-])c1ccc(-c2ccccc2)cc1C. The van der Waals surface area contributed by atoms with E-state index in [1.54, 1.807) is 0 Å². The molecular weight excluding hydrogens is 360 g/mol. The molecule has 4 rings (SSSR count). The molecule has 0 atom stereocenters. The van der Waals surface area contributed by atoms with Gasteiger partial charge in [-0.05, 0) is 72.5 Å². The molecule has 0 bridgehead atoms. The molecule has 4 aromatic carbocycles. The Bertz CT molecular complexity index is 999. The summed E-state index contributed by atoms with van der Waals surface area (Å²) in [5, 5.41) is 0. The summed E-state index contributed by atoms with van der Waals surface area (Å²) in [5.41, 5.74) is 6.74. The lowest BCUT2D eigenvalue weighted by molar-refractivity contribution is 0.594. The molecule has 0 aromatic heterocycles. The van der Waals surface area contributed by atoms with Gasteiger partial charge in [-0.15, -0.1) is 0 Å². The lowest BCUT2D eigenvalue weighted by Crippen LogP contribution is -2.06. The van der Waals surface area contributed by atoms with Crippen molar-refractivity contribution in [1.82, 2.24) is 0 Å². The zero-order valence-electron chi connectivity index (χ0n) is 16.1. The lowest BCUT2D eigenvalue weighted by atomic mass is 10.0. The molecule has 0 saturated heterocycles. The van der Waals surface area contributed by atoms with E-state index in [9.17, 15) is 4.55 Å². The number of hydrogen-bond donors (Lipinski definition) is 0. The number of rotatable bonds is 4. The van der Waals surface area contributed by atoms with Crippen LogP contribution in [-0.4, -0.2) is 4.55 Å². The van der Waals surface area contributed by atoms with Crippen LogP contribution in [0.25, 0.3) is 22.3 Å². The molecule has 4 aromatic rings. The number of benzene rings is 4. The van der Waals surface area contributed by atoms with Crippen LogP contribution in [0.15, 0.2) is 107 Å². The predicted octanol–water partition coefficient (Wildman–Crippen LogP) is 6.80. The molecule has 138 valence electrons. The molecule has 0 unspecified atom stereocenters. The molecule has 0 aliphatic carbocycles. The number of hydrogen-bond acceptors (Lipinski definition) is 1. The highest BCUT2D eigenvalue weighted by atomic mass is 32.2. The summed E-state index contributed by atoms with van der Waals surface area (Å²) in [5.74, 6) is 0. The second-order valence-corrected chi connectivity index (χ2v) is 8.38. The van der Waals surface area contributed by atoms with Gasteiger partial charge in [0.1, 0.15) is 0 Å². The fourth-order valence-electron chi connectivity index (χ4n) is 3.45. The maximum absolute atomic E-state index is 13.3. The maximum Gasteiger partial charge on any atom is 0.161 e. The van der Waals surface area contributed by atoms with Gasteiger partial charge >= 0.3 is 0 Å². The van der Waals surface area contributed by atoms with Gasteiger partial charge in [0.25, 0.3) is 0 Å². The van der Waals surface area contributed by atoms with E-state index in [0.29, 0.717) is 0 Å². The first-order valence-corrected chi connectivity index (χ1v) is 10.5. The van der Waals surface area contributed by atoms with Crippen LogP contribution in [0.3, 0.4) is 0 Å². The summed E-state index contributed by atoms with van der Waals surface area (Å²) in [6.07, 6.45) is 0. The van der Waals surface area contributed by atoms with Gasteiger partial charge in [0.05, 0.1) is 0 Å². The van der Waals surface area contributed by atoms with Crippen LogP contribution in [0, 0.1) is 13.8 Å². The Morgan fingerprint density at radius 1 is 0.500 bits per heavy atom. The highest BCUT2D eigenvalue weighted by molar-refractivity contribution is 7.91. The zero-order valence-corrected chi connectivity index (χ0v) is 16.9. The van der Waals surface area contributed by atoms with Crippen molar-refractivity contribution in [2.75, 3.05) is 0 Å². The van der Waals surface area contributed by atoms with Gasteiger partial charge in [-0.1, -0.05) is 60.7 Å². The molecule has 28 heavy (non-hydrogen) atoms. The molecule has 0 radical (unpaired) electrons. The van der Waals surface area contributed by atoms with Gasteiger partial charge in [-0.25, -0.2) is 0 Å². The Balaban J connectivity index is 1.65. The molecule has 0 N–H and O–H groups in total. The van der Waals surface area contributed by atoms with Crippen molar-refractivity contribution < 1.29 is 4.55 Å². The Morgan fingerprint density at radius 3 is 1.25 bits per heavy atom. The maximum atomic E-state index is 13.3. The standard InChI is InChI=1S/C26H22OS/c1-19-17-23(21-9-5-3-6-10-21)13-15-25(19)28(27)26-16-14-24(18-20(26)2)22-11-7-4-8-12-22/h3-18H,1-2H3. The first-order valence-electron chi connectivity index (χ1n) is 9.37. The quantitative estimate of drug-likeness (QED) is 0.356. The average molecular weight is 383 g/mol. The predicted molar refractivity (Wildman–Crippen MR) is 118 cm³/mol. The monoisotopic (exact) mass is 382 g/mol. The van der Waals surface area contributed by atoms with Crippen LogP contribution < -0.4 is 0 Å². The van der Waals surface area contributed by atoms with E-state index in [1.165, 1.54) is 11.1 Å². The van der Waals surface area contributed by atoms with E-state index >= 15 is 0 Å². The third-order valence-electron chi connectivity index (χ3n) is 4.96. The molecule has 1 nitrogen and oxygen atoms in total. The molecular formula is C26H22OS. The number of aryl methyl sites for hydroxylation is 2. The summed E-state index contributed by atoms with van der Waals surface area (Å²) in [7, 11) is 0. The van der Waals surface area contributed by atoms with Crippen LogP contribution >= 0.6 is 0 Å². The molecule has 0 spiro atoms. The van der Waals surface area contributed by atoms with Crippen LogP contribution in [0.5, 0.6) is 0 Å². The Kier molecular flexibility index (Phi) is 5.34. The van der Waals surface area contributed by atoms with Gasteiger partial charge in [0, 0.05) is 22.3 Å². The van der Waals surface area contributed by atoms with Gasteiger partial charge < -0.3 is 4.55 Å². The van der Waals surface area contributed by atoms with Crippen LogP contribution in [0.2, 0.25) is 0 Å². The van der Waals surface area contributed by atoms with Gasteiger partial charge in [-0.2, -0.15) is 0 Å². The first-order chi connectivity index (χ1) is 13.6. The van der Waals surface area contributed by atoms with Crippen molar-refractivity contribution >= 4 is 11.2 Å². The normalized spacial score (nSPS) is 11.0. The molecule has 0 aliphatic heterocycles. The van der Waals surface area contributed by atoms with Crippen molar-refractivity contribution in [3.63, 3.8) is 0 Å². The summed E-state index contributed by atoms with van der Waals surface area (Å²) in [6, 6.07) is 32.9. The minimum atomic E-state index is -1.20. The molecule has 0 aliphatic rings. The summed E-state index contributed by atoms with van der Waals surface area (Å²) in [6.45, 7) is 4.07. The van der Waals surface area contributed by atoms with Crippen LogP contribution in [0.1, 0.15) is 11.1 Å². The summed E-state index contributed by atoms with van der Waals surface area (Å²) >= 11 is -1.20. The third kappa shape index (κ3) is 3.75. The molecule has 0 heterocycles. The Labute approximate surface area is 169 Å². The van der Waals surface area contributed by atoms with Gasteiger partial charge in [-0.3, -0.25) is 0 Å². The van der Waals surface area contributed by atoms with Gasteiger partial charge in [0.2, 0.25) is 0 Å². The lowest BCUT2D eigenvalue weighted by Gasteiger charge is -2.16. The second kappa shape index (κ2) is 8.05. The van der Waals surface area contributed by atoms with E-state index < -0.39 is 11.2 Å². The van der Waals surface area contributed by atoms with Crippen molar-refractivity contribution in [2.24, 2.45) is 0 Å². The van der Waals surface area contributed by atoms with E-state index in [-0.39, 0.29) is 0 Å². The fraction of sp³-hybridized carbons (Fsp3) is 0.0769. The average Bonchev–Trinajstić information content (AvgIpc) is 2.74. The fourth-order valence-corrected chi connectivity index (χ4v) is 4.78. The Morgan fingerprint density at radius 2 is 0.893 bits per heavy atom. The van der Waals surface area contributed by atoms with Crippen LogP contribution in [-0.2, 0) is 11.2 Å². The summed E-state index contributed by atoms with van der Waals surface area (Å²) in [4.78, 5) is 1.74. The Hall–Kier alpha value is -2.81. The van der Waals surface area contributed by atoms with E-state index in [1.807, 2.05) is 62.4 Å². The minimum absolute atomic E-state index is 0.871. The molecule has 0 saturated carbocycles. The highest BCUT2D eigenvalue weighted by Gasteiger charge is 2.20. The molecule has 0 amide bonds. The van der Waals surface area contributed by atoms with E-state index in [4.69, 9.17) is 0 Å². The van der Waals surface area contributed by atoms with E-state index in [0.717, 1.165) is 32.0 Å². The largest absolute Gasteiger partial charge is 0.606 e. The van der Waals surface area contributed by atoms with Crippen molar-refractivity contribution in [3.05, 3.63) is 108 Å². The smallest absolute Gasteiger partial charge is 0.161 e. The molecule has 2 heteroatoms. The second-order valence-electron chi connectivity index (χ2n) is 6.96. The minimum Gasteiger partial charge on any atom is -0.606 e. The molecule has 0 fully saturated rings. The zero-order chi connectivity index (χ0) is 19.5. The van der Waals surface area contributed by atoms with Crippen molar-refractivity contribution in [1.29, 1.82) is 0 Å². The van der Waals surface area contributed by atoms with Crippen molar-refractivity contribution in [3.8, 4) is 22.3 Å². The first kappa shape index (κ1) is 18.5. The van der Waals surface area contributed by atoms with Crippen LogP contribution in [0.4, 0.5) is 0 Å². The topological polar surface area (TPSA) is 23.1 Å².